The third-order valence-electron chi connectivity index (χ3n) is 9.30. The maximum Gasteiger partial charge on any atom is 0.243 e. The van der Waals surface area contributed by atoms with Gasteiger partial charge in [-0.3, -0.25) is 43.3 Å². The number of hydrogen-bond donors (Lipinski definition) is 12. The normalized spacial score (nSPS) is 13.2. The lowest BCUT2D eigenvalue weighted by Crippen LogP contribution is -2.59. The van der Waals surface area contributed by atoms with Crippen LogP contribution in [0.15, 0.2) is 65.8 Å². The second-order valence-corrected chi connectivity index (χ2v) is 14.3. The van der Waals surface area contributed by atoms with Crippen LogP contribution in [0.1, 0.15) is 50.7 Å². The molecule has 21 nitrogen and oxygen atoms in total. The highest BCUT2D eigenvalue weighted by atomic mass is 16.2. The van der Waals surface area contributed by atoms with Gasteiger partial charge in [0.25, 0.3) is 0 Å². The molecule has 1 heterocycles. The fraction of sp³-hybridized carbons (Fsp3) is 0.425. The average Bonchev–Trinajstić information content (AvgIpc) is 3.63. The van der Waals surface area contributed by atoms with Crippen LogP contribution >= 0.6 is 0 Å². The summed E-state index contributed by atoms with van der Waals surface area (Å²) in [6.45, 7) is 2.07. The van der Waals surface area contributed by atoms with Crippen LogP contribution in [0.5, 0.6) is 0 Å². The van der Waals surface area contributed by atoms with E-state index in [4.69, 9.17) is 22.9 Å². The van der Waals surface area contributed by atoms with Crippen molar-refractivity contribution in [3.8, 4) is 0 Å². The highest BCUT2D eigenvalue weighted by Gasteiger charge is 2.31. The maximum atomic E-state index is 14.1. The minimum Gasteiger partial charge on any atom is -0.370 e. The topological polar surface area (TPSA) is 353 Å². The van der Waals surface area contributed by atoms with Gasteiger partial charge in [0.2, 0.25) is 47.3 Å². The first-order valence-corrected chi connectivity index (χ1v) is 19.7. The molecular weight excluding hydrogens is 791 g/mol. The van der Waals surface area contributed by atoms with E-state index in [-0.39, 0.29) is 57.7 Å². The van der Waals surface area contributed by atoms with Crippen molar-refractivity contribution in [2.24, 2.45) is 27.9 Å². The van der Waals surface area contributed by atoms with Crippen molar-refractivity contribution < 1.29 is 38.4 Å². The lowest BCUT2D eigenvalue weighted by Gasteiger charge is -2.26. The van der Waals surface area contributed by atoms with Gasteiger partial charge in [-0.05, 0) is 56.3 Å². The number of nitrogens with two attached hydrogens (primary N) is 4. The second-order valence-electron chi connectivity index (χ2n) is 14.3. The van der Waals surface area contributed by atoms with E-state index in [0.717, 1.165) is 16.5 Å². The molecule has 0 spiro atoms. The number of benzene rings is 2. The summed E-state index contributed by atoms with van der Waals surface area (Å²) in [7, 11) is 0. The second kappa shape index (κ2) is 24.8. The molecule has 61 heavy (non-hydrogen) atoms. The zero-order valence-electron chi connectivity index (χ0n) is 34.3. The number of carbonyl (C=O) groups excluding carboxylic acids is 8. The smallest absolute Gasteiger partial charge is 0.243 e. The summed E-state index contributed by atoms with van der Waals surface area (Å²) in [5.41, 5.74) is 24.5. The summed E-state index contributed by atoms with van der Waals surface area (Å²) >= 11 is 0. The number of amides is 8. The van der Waals surface area contributed by atoms with Gasteiger partial charge in [0.15, 0.2) is 5.96 Å². The van der Waals surface area contributed by atoms with Crippen molar-refractivity contribution >= 4 is 64.1 Å². The van der Waals surface area contributed by atoms with E-state index < -0.39 is 84.0 Å². The van der Waals surface area contributed by atoms with Crippen LogP contribution in [0, 0.1) is 0 Å². The molecule has 330 valence electrons. The molecule has 3 rings (SSSR count). The molecule has 21 heteroatoms. The third kappa shape index (κ3) is 17.0. The monoisotopic (exact) mass is 847 g/mol. The number of nitrogens with one attached hydrogen (secondary N) is 8. The molecule has 0 fully saturated rings. The molecule has 16 N–H and O–H groups in total. The lowest BCUT2D eigenvalue weighted by molar-refractivity contribution is -0.135. The molecule has 0 radical (unpaired) electrons. The Morgan fingerprint density at radius 3 is 1.92 bits per heavy atom. The summed E-state index contributed by atoms with van der Waals surface area (Å²) in [6, 6.07) is 10.1. The van der Waals surface area contributed by atoms with Crippen LogP contribution in [0.4, 0.5) is 0 Å². The van der Waals surface area contributed by atoms with Crippen molar-refractivity contribution in [2.75, 3.05) is 26.2 Å². The number of nitrogens with zero attached hydrogens (tertiary/aromatic N) is 1. The Morgan fingerprint density at radius 2 is 1.25 bits per heavy atom. The Bertz CT molecular complexity index is 2020. The Balaban J connectivity index is 1.77. The SMILES string of the molecule is CC(=O)NCC(=O)NCC(=O)N[C@@H](CCCN)C(=O)NC(Cc1ccccc1)C(=O)N[C@@H](CCCN=C(N)N)C(=O)NC(C)C(=O)N[C@@H](Cc1c[nH]c2ccccc12)C(N)=O. The van der Waals surface area contributed by atoms with E-state index in [1.807, 2.05) is 24.3 Å². The molecule has 0 bridgehead atoms. The average molecular weight is 848 g/mol. The van der Waals surface area contributed by atoms with Crippen molar-refractivity contribution in [1.82, 2.24) is 42.2 Å². The highest BCUT2D eigenvalue weighted by Crippen LogP contribution is 2.19. The van der Waals surface area contributed by atoms with E-state index >= 15 is 0 Å². The Kier molecular flexibility index (Phi) is 19.6. The number of guanidine groups is 1. The highest BCUT2D eigenvalue weighted by molar-refractivity contribution is 5.97. The molecule has 2 aromatic carbocycles. The number of fused-ring (bicyclic) bond motifs is 1. The first-order valence-electron chi connectivity index (χ1n) is 19.7. The van der Waals surface area contributed by atoms with E-state index in [9.17, 15) is 38.4 Å². The van der Waals surface area contributed by atoms with Crippen molar-refractivity contribution in [2.45, 2.75) is 82.6 Å². The number of rotatable bonds is 25. The van der Waals surface area contributed by atoms with Crippen LogP contribution in [0.2, 0.25) is 0 Å². The fourth-order valence-corrected chi connectivity index (χ4v) is 6.08. The number of para-hydroxylation sites is 1. The quantitative estimate of drug-likeness (QED) is 0.0231. The van der Waals surface area contributed by atoms with Crippen LogP contribution in [0.3, 0.4) is 0 Å². The molecule has 5 atom stereocenters. The standard InChI is InChI=1S/C40H57N13O8/c1-23(36(58)52-31(35(42)57)19-26-20-47-28-13-7-6-12-27(26)28)49-37(59)30(15-9-17-45-40(43)44)51-39(61)32(18-25-10-4-3-5-11-25)53-38(60)29(14-8-16-41)50-34(56)22-48-33(55)21-46-24(2)54/h3-7,10-13,20,23,29-32,47H,8-9,14-19,21-22,41H2,1-2H3,(H2,42,57)(H,46,54)(H,48,55)(H,49,59)(H,50,56)(H,51,61)(H,52,58)(H,53,60)(H4,43,44,45)/t23?,29-,30-,31-,32?/m0/s1. The van der Waals surface area contributed by atoms with Gasteiger partial charge in [-0.1, -0.05) is 48.5 Å². The summed E-state index contributed by atoms with van der Waals surface area (Å²) < 4.78 is 0. The molecule has 0 saturated carbocycles. The minimum absolute atomic E-state index is 0.00199. The zero-order valence-corrected chi connectivity index (χ0v) is 34.3. The molecule has 8 amide bonds. The van der Waals surface area contributed by atoms with Crippen LogP contribution < -0.4 is 60.2 Å². The van der Waals surface area contributed by atoms with Gasteiger partial charge >= 0.3 is 0 Å². The number of carbonyl (C=O) groups is 8. The minimum atomic E-state index is -1.28. The summed E-state index contributed by atoms with van der Waals surface area (Å²) in [4.78, 5) is 110. The van der Waals surface area contributed by atoms with Gasteiger partial charge in [0.05, 0.1) is 13.1 Å². The van der Waals surface area contributed by atoms with Crippen LogP contribution in [-0.4, -0.2) is 115 Å². The van der Waals surface area contributed by atoms with Crippen molar-refractivity contribution in [3.05, 3.63) is 71.9 Å². The number of aromatic amines is 1. The summed E-state index contributed by atoms with van der Waals surface area (Å²) in [5, 5.41) is 18.6. The van der Waals surface area contributed by atoms with E-state index in [0.29, 0.717) is 12.0 Å². The lowest BCUT2D eigenvalue weighted by atomic mass is 10.0. The van der Waals surface area contributed by atoms with E-state index in [1.165, 1.54) is 13.8 Å². The van der Waals surface area contributed by atoms with Crippen molar-refractivity contribution in [3.63, 3.8) is 0 Å². The van der Waals surface area contributed by atoms with Gasteiger partial charge in [0.1, 0.15) is 30.2 Å². The Labute approximate surface area is 352 Å². The first-order chi connectivity index (χ1) is 29.1. The van der Waals surface area contributed by atoms with Gasteiger partial charge < -0.3 is 65.1 Å². The van der Waals surface area contributed by atoms with Crippen LogP contribution in [-0.2, 0) is 51.2 Å². The predicted octanol–water partition coefficient (Wildman–Crippen LogP) is -3.07. The number of primary amides is 1. The van der Waals surface area contributed by atoms with Crippen LogP contribution in [0.25, 0.3) is 10.9 Å². The maximum absolute atomic E-state index is 14.1. The molecular formula is C40H57N13O8. The van der Waals surface area contributed by atoms with Gasteiger partial charge in [-0.2, -0.15) is 0 Å². The summed E-state index contributed by atoms with van der Waals surface area (Å²) in [6.07, 6.45) is 2.39. The largest absolute Gasteiger partial charge is 0.370 e. The Morgan fingerprint density at radius 1 is 0.656 bits per heavy atom. The van der Waals surface area contributed by atoms with Gasteiger partial charge in [-0.25, -0.2) is 0 Å². The zero-order chi connectivity index (χ0) is 44.9. The predicted molar refractivity (Wildman–Crippen MR) is 227 cm³/mol. The number of aliphatic imine (C=N–C) groups is 1. The van der Waals surface area contributed by atoms with Crippen molar-refractivity contribution in [1.29, 1.82) is 0 Å². The molecule has 0 saturated heterocycles. The Hall–Kier alpha value is -7.03. The molecule has 1 aromatic heterocycles. The number of hydrogen-bond acceptors (Lipinski definition) is 10. The fourth-order valence-electron chi connectivity index (χ4n) is 6.08. The van der Waals surface area contributed by atoms with E-state index in [2.05, 4.69) is 47.2 Å². The van der Waals surface area contributed by atoms with Gasteiger partial charge in [-0.15, -0.1) is 0 Å². The first kappa shape index (κ1) is 48.3. The van der Waals surface area contributed by atoms with Gasteiger partial charge in [0, 0.05) is 43.4 Å². The summed E-state index contributed by atoms with van der Waals surface area (Å²) in [5.74, 6) is -5.72. The molecule has 0 aliphatic heterocycles. The number of H-pyrrole nitrogens is 1. The molecule has 2 unspecified atom stereocenters. The molecule has 0 aliphatic rings. The number of aromatic nitrogens is 1. The third-order valence-corrected chi connectivity index (χ3v) is 9.30. The van der Waals surface area contributed by atoms with E-state index in [1.54, 1.807) is 36.5 Å². The molecule has 3 aromatic rings. The molecule has 0 aliphatic carbocycles.